The Morgan fingerprint density at radius 3 is 1.44 bits per heavy atom. The number of carboxylic acids is 1. The van der Waals surface area contributed by atoms with E-state index in [0.717, 1.165) is 7.11 Å². The van der Waals surface area contributed by atoms with E-state index in [1.165, 1.54) is 44.4 Å². The van der Waals surface area contributed by atoms with Gasteiger partial charge in [-0.3, -0.25) is 21.3 Å². The summed E-state index contributed by atoms with van der Waals surface area (Å²) in [6.45, 7) is 3.02. The molecule has 0 aliphatic carbocycles. The number of carbonyl (C=O) groups is 2. The number of aliphatic carboxylic acids is 1. The Morgan fingerprint density at radius 2 is 1.17 bits per heavy atom. The van der Waals surface area contributed by atoms with Crippen molar-refractivity contribution in [3.05, 3.63) is 47.5 Å². The molecule has 0 fully saturated rings. The van der Waals surface area contributed by atoms with E-state index in [0.29, 0.717) is 11.1 Å². The molecule has 36 heavy (non-hydrogen) atoms. The van der Waals surface area contributed by atoms with E-state index in [9.17, 15) is 24.9 Å². The van der Waals surface area contributed by atoms with Crippen molar-refractivity contribution in [2.45, 2.75) is 37.8 Å². The van der Waals surface area contributed by atoms with Crippen LogP contribution in [0.3, 0.4) is 0 Å². The van der Waals surface area contributed by atoms with Crippen LogP contribution in [0.2, 0.25) is 0 Å². The largest absolute Gasteiger partial charge is 0.504 e. The zero-order valence-corrected chi connectivity index (χ0v) is 21.2. The van der Waals surface area contributed by atoms with Crippen LogP contribution in [0.4, 0.5) is 0 Å². The highest BCUT2D eigenvalue weighted by molar-refractivity contribution is 5.85. The molecule has 2 rings (SSSR count). The van der Waals surface area contributed by atoms with Crippen LogP contribution in [0.5, 0.6) is 23.0 Å². The highest BCUT2D eigenvalue weighted by Gasteiger charge is 2.33. The summed E-state index contributed by atoms with van der Waals surface area (Å²) in [6, 6.07) is 8.42. The first-order chi connectivity index (χ1) is 16.3. The highest BCUT2D eigenvalue weighted by atomic mass is 35.5. The zero-order valence-electron chi connectivity index (χ0n) is 20.3. The molecule has 2 aromatic rings. The second-order valence-corrected chi connectivity index (χ2v) is 7.75. The van der Waals surface area contributed by atoms with E-state index in [4.69, 9.17) is 27.0 Å². The standard InChI is InChI=1S/C11H16N2O4.C10H14N2O4.CH4O.ClH/c1-11(13-12,10(16)17-2)6-7-3-4-8(14)9(15)5-7;1-10(12-11,9(15)16)5-6-2-3-7(13)8(14)4-6;1-2;/h3-5,13-15H,6,12H2,1-2H3;2-4,12-14H,5,11H2,1H3,(H,15,16);2H,1H3;1H. The van der Waals surface area contributed by atoms with Gasteiger partial charge in [0.15, 0.2) is 23.0 Å². The second-order valence-electron chi connectivity index (χ2n) is 7.75. The molecule has 0 saturated heterocycles. The molecule has 0 spiro atoms. The van der Waals surface area contributed by atoms with Gasteiger partial charge < -0.3 is 35.4 Å². The molecular weight excluding hydrogens is 500 g/mol. The first kappa shape index (κ1) is 34.8. The monoisotopic (exact) mass is 534 g/mol. The third-order valence-electron chi connectivity index (χ3n) is 4.94. The molecule has 2 atom stereocenters. The summed E-state index contributed by atoms with van der Waals surface area (Å²) in [5.41, 5.74) is 3.41. The molecule has 12 N–H and O–H groups in total. The molecule has 0 amide bonds. The lowest BCUT2D eigenvalue weighted by atomic mass is 9.93. The van der Waals surface area contributed by atoms with Gasteiger partial charge in [-0.15, -0.1) is 12.4 Å². The maximum Gasteiger partial charge on any atom is 0.327 e. The van der Waals surface area contributed by atoms with Gasteiger partial charge in [-0.05, 0) is 49.2 Å². The molecule has 0 aliphatic heterocycles. The van der Waals surface area contributed by atoms with Crippen molar-refractivity contribution >= 4 is 24.3 Å². The number of benzene rings is 2. The minimum atomic E-state index is -1.32. The van der Waals surface area contributed by atoms with E-state index in [1.54, 1.807) is 13.0 Å². The number of hydrazine groups is 2. The number of aliphatic hydroxyl groups is 1. The maximum atomic E-state index is 11.5. The predicted octanol–water partition coefficient (Wildman–Crippen LogP) is 0.0125. The van der Waals surface area contributed by atoms with Crippen LogP contribution in [0.1, 0.15) is 25.0 Å². The van der Waals surface area contributed by atoms with E-state index in [1.807, 2.05) is 0 Å². The molecule has 2 aromatic carbocycles. The Labute approximate surface area is 214 Å². The molecule has 2 unspecified atom stereocenters. The average Bonchev–Trinajstić information content (AvgIpc) is 2.84. The summed E-state index contributed by atoms with van der Waals surface area (Å²) in [5, 5.41) is 52.8. The molecule has 0 bridgehead atoms. The minimum absolute atomic E-state index is 0. The lowest BCUT2D eigenvalue weighted by Crippen LogP contribution is -2.55. The fourth-order valence-corrected chi connectivity index (χ4v) is 2.77. The number of aliphatic hydroxyl groups excluding tert-OH is 1. The average molecular weight is 535 g/mol. The fraction of sp³-hybridized carbons (Fsp3) is 0.364. The van der Waals surface area contributed by atoms with Crippen LogP contribution < -0.4 is 22.5 Å². The predicted molar refractivity (Wildman–Crippen MR) is 133 cm³/mol. The van der Waals surface area contributed by atoms with Crippen molar-refractivity contribution in [3.8, 4) is 23.0 Å². The van der Waals surface area contributed by atoms with E-state index >= 15 is 0 Å². The van der Waals surface area contributed by atoms with Crippen LogP contribution >= 0.6 is 12.4 Å². The third-order valence-corrected chi connectivity index (χ3v) is 4.94. The molecule has 0 saturated carbocycles. The van der Waals surface area contributed by atoms with Crippen molar-refractivity contribution in [2.24, 2.45) is 11.7 Å². The summed E-state index contributed by atoms with van der Waals surface area (Å²) in [5.74, 6) is 7.92. The Bertz CT molecular complexity index is 996. The number of rotatable bonds is 8. The molecule has 0 heterocycles. The number of nitrogens with one attached hydrogen (secondary N) is 2. The minimum Gasteiger partial charge on any atom is -0.504 e. The Hall–Kier alpha value is -3.33. The van der Waals surface area contributed by atoms with Crippen molar-refractivity contribution in [1.29, 1.82) is 0 Å². The van der Waals surface area contributed by atoms with Crippen molar-refractivity contribution in [1.82, 2.24) is 10.9 Å². The van der Waals surface area contributed by atoms with E-state index in [2.05, 4.69) is 15.6 Å². The Morgan fingerprint density at radius 1 is 0.806 bits per heavy atom. The van der Waals surface area contributed by atoms with Gasteiger partial charge in [0.1, 0.15) is 11.1 Å². The number of methoxy groups -OCH3 is 1. The number of ether oxygens (including phenoxy) is 1. The lowest BCUT2D eigenvalue weighted by molar-refractivity contribution is -0.148. The number of aromatic hydroxyl groups is 4. The number of halogens is 1. The van der Waals surface area contributed by atoms with Gasteiger partial charge in [0, 0.05) is 20.0 Å². The van der Waals surface area contributed by atoms with Gasteiger partial charge in [0.05, 0.1) is 7.11 Å². The molecule has 14 heteroatoms. The fourth-order valence-electron chi connectivity index (χ4n) is 2.77. The van der Waals surface area contributed by atoms with Crippen LogP contribution in [0.25, 0.3) is 0 Å². The summed E-state index contributed by atoms with van der Waals surface area (Å²) in [7, 11) is 2.27. The number of esters is 1. The summed E-state index contributed by atoms with van der Waals surface area (Å²) >= 11 is 0. The molecule has 13 nitrogen and oxygen atoms in total. The number of hydrogen-bond donors (Lipinski definition) is 10. The van der Waals surface area contributed by atoms with Crippen LogP contribution in [-0.4, -0.2) is 67.9 Å². The quantitative estimate of drug-likeness (QED) is 0.0929. The number of phenols is 4. The van der Waals surface area contributed by atoms with Crippen molar-refractivity contribution in [2.75, 3.05) is 14.2 Å². The summed E-state index contributed by atoms with van der Waals surface area (Å²) < 4.78 is 4.64. The lowest BCUT2D eigenvalue weighted by Gasteiger charge is -2.25. The first-order valence-corrected chi connectivity index (χ1v) is 10.1. The maximum absolute atomic E-state index is 11.5. The molecule has 204 valence electrons. The van der Waals surface area contributed by atoms with Crippen molar-refractivity contribution in [3.63, 3.8) is 0 Å². The number of phenolic OH excluding ortho intramolecular Hbond substituents is 4. The van der Waals surface area contributed by atoms with Crippen LogP contribution in [0, 0.1) is 0 Å². The second kappa shape index (κ2) is 15.6. The SMILES string of the molecule is CC(Cc1ccc(O)c(O)c1)(NN)C(=O)O.CO.COC(=O)C(C)(Cc1ccc(O)c(O)c1)NN.Cl. The number of carbonyl (C=O) groups excluding carboxylic acids is 1. The molecule has 0 aromatic heterocycles. The molecule has 0 radical (unpaired) electrons. The highest BCUT2D eigenvalue weighted by Crippen LogP contribution is 2.27. The number of hydrogen-bond acceptors (Lipinski definition) is 12. The van der Waals surface area contributed by atoms with Gasteiger partial charge in [-0.2, -0.15) is 0 Å². The number of nitrogens with two attached hydrogens (primary N) is 2. The topological polar surface area (TPSA) is 241 Å². The van der Waals surface area contributed by atoms with Gasteiger partial charge in [-0.25, -0.2) is 10.9 Å². The molecule has 0 aliphatic rings. The summed E-state index contributed by atoms with van der Waals surface area (Å²) in [4.78, 5) is 22.5. The van der Waals surface area contributed by atoms with Crippen LogP contribution in [0.15, 0.2) is 36.4 Å². The van der Waals surface area contributed by atoms with E-state index < -0.39 is 23.0 Å². The normalized spacial score (nSPS) is 13.2. The van der Waals surface area contributed by atoms with Gasteiger partial charge >= 0.3 is 11.9 Å². The Balaban J connectivity index is 0. The van der Waals surface area contributed by atoms with Crippen LogP contribution in [-0.2, 0) is 27.2 Å². The zero-order chi connectivity index (χ0) is 27.4. The van der Waals surface area contributed by atoms with Crippen molar-refractivity contribution < 1.29 is 45.0 Å². The van der Waals surface area contributed by atoms with Gasteiger partial charge in [0.2, 0.25) is 0 Å². The number of carboxylic acid groups (broad SMARTS) is 1. The first-order valence-electron chi connectivity index (χ1n) is 10.1. The third kappa shape index (κ3) is 9.73. The van der Waals surface area contributed by atoms with Gasteiger partial charge in [-0.1, -0.05) is 12.1 Å². The molecular formula is C22H35ClN4O9. The Kier molecular flexibility index (Phi) is 15.1. The van der Waals surface area contributed by atoms with E-state index in [-0.39, 0.29) is 48.2 Å². The smallest absolute Gasteiger partial charge is 0.327 e. The van der Waals surface area contributed by atoms with Gasteiger partial charge in [0.25, 0.3) is 0 Å². The summed E-state index contributed by atoms with van der Waals surface area (Å²) in [6.07, 6.45) is 0.316.